The van der Waals surface area contributed by atoms with E-state index >= 15 is 0 Å². The lowest BCUT2D eigenvalue weighted by molar-refractivity contribution is 0.0945. The lowest BCUT2D eigenvalue weighted by Crippen LogP contribution is -2.39. The summed E-state index contributed by atoms with van der Waals surface area (Å²) in [4.78, 5) is 18.8. The van der Waals surface area contributed by atoms with Crippen LogP contribution in [0.4, 0.5) is 5.69 Å². The number of piperidine rings is 1. The number of pyridine rings is 1. The molecule has 25 heavy (non-hydrogen) atoms. The molecule has 0 bridgehead atoms. The Morgan fingerprint density at radius 1 is 1.36 bits per heavy atom. The Morgan fingerprint density at radius 3 is 2.92 bits per heavy atom. The van der Waals surface area contributed by atoms with Crippen molar-refractivity contribution < 1.29 is 9.90 Å². The largest absolute Gasteiger partial charge is 0.393 e. The molecule has 2 aromatic rings. The Morgan fingerprint density at radius 2 is 2.16 bits per heavy atom. The summed E-state index contributed by atoms with van der Waals surface area (Å²) in [5, 5.41) is 12.8. The predicted molar refractivity (Wildman–Crippen MR) is 98.5 cm³/mol. The molecule has 0 aliphatic carbocycles. The molecule has 132 valence electrons. The van der Waals surface area contributed by atoms with Gasteiger partial charge in [-0.1, -0.05) is 30.3 Å². The van der Waals surface area contributed by atoms with Crippen LogP contribution in [0.25, 0.3) is 0 Å². The van der Waals surface area contributed by atoms with Gasteiger partial charge in [-0.15, -0.1) is 0 Å². The molecule has 2 atom stereocenters. The maximum Gasteiger partial charge on any atom is 0.270 e. The maximum atomic E-state index is 12.4. The average Bonchev–Trinajstić information content (AvgIpc) is 2.67. The van der Waals surface area contributed by atoms with E-state index in [0.29, 0.717) is 12.2 Å². The van der Waals surface area contributed by atoms with Crippen molar-refractivity contribution >= 4 is 11.6 Å². The fraction of sp³-hybridized carbons (Fsp3) is 0.400. The number of hydrogen-bond acceptors (Lipinski definition) is 4. The number of aliphatic hydroxyl groups excluding tert-OH is 1. The molecule has 1 aliphatic rings. The van der Waals surface area contributed by atoms with Gasteiger partial charge in [0.1, 0.15) is 5.69 Å². The van der Waals surface area contributed by atoms with Gasteiger partial charge in [-0.25, -0.2) is 0 Å². The number of rotatable bonds is 5. The number of aliphatic hydroxyl groups is 1. The molecule has 2 N–H and O–H groups in total. The second-order valence-electron chi connectivity index (χ2n) is 6.66. The minimum Gasteiger partial charge on any atom is -0.393 e. The van der Waals surface area contributed by atoms with Crippen LogP contribution in [0.15, 0.2) is 48.7 Å². The number of nitrogens with zero attached hydrogens (tertiary/aromatic N) is 2. The third kappa shape index (κ3) is 4.57. The smallest absolute Gasteiger partial charge is 0.270 e. The zero-order valence-electron chi connectivity index (χ0n) is 14.6. The summed E-state index contributed by atoms with van der Waals surface area (Å²) in [6.07, 6.45) is 3.47. The van der Waals surface area contributed by atoms with Crippen molar-refractivity contribution in [1.29, 1.82) is 0 Å². The number of carbonyl (C=O) groups excluding carboxylic acids is 1. The lowest BCUT2D eigenvalue weighted by Gasteiger charge is -2.35. The first kappa shape index (κ1) is 17.4. The van der Waals surface area contributed by atoms with Crippen molar-refractivity contribution in [3.8, 4) is 0 Å². The summed E-state index contributed by atoms with van der Waals surface area (Å²) in [5.41, 5.74) is 2.47. The van der Waals surface area contributed by atoms with E-state index in [0.717, 1.165) is 37.2 Å². The molecule has 1 aromatic carbocycles. The number of carbonyl (C=O) groups is 1. The first-order valence-corrected chi connectivity index (χ1v) is 8.84. The standard InChI is InChI=1S/C20H25N3O2/c1-15(24)17-8-5-11-23(14-17)18-9-10-21-19(12-18)20(25)22-13-16-6-3-2-4-7-16/h2-4,6-7,9-10,12,15,17,24H,5,8,11,13-14H2,1H3,(H,22,25). The molecule has 5 nitrogen and oxygen atoms in total. The van der Waals surface area contributed by atoms with Crippen molar-refractivity contribution in [3.63, 3.8) is 0 Å². The van der Waals surface area contributed by atoms with Gasteiger partial charge in [-0.2, -0.15) is 0 Å². The molecule has 2 unspecified atom stereocenters. The van der Waals surface area contributed by atoms with Crippen LogP contribution in [0.1, 0.15) is 35.8 Å². The molecule has 1 aliphatic heterocycles. The Bertz CT molecular complexity index is 703. The SMILES string of the molecule is CC(O)C1CCCN(c2ccnc(C(=O)NCc3ccccc3)c2)C1. The third-order valence-corrected chi connectivity index (χ3v) is 4.78. The second-order valence-corrected chi connectivity index (χ2v) is 6.66. The minimum atomic E-state index is -0.307. The predicted octanol–water partition coefficient (Wildman–Crippen LogP) is 2.61. The minimum absolute atomic E-state index is 0.171. The topological polar surface area (TPSA) is 65.5 Å². The number of amides is 1. The van der Waals surface area contributed by atoms with Gasteiger partial charge in [0.05, 0.1) is 6.10 Å². The van der Waals surface area contributed by atoms with Crippen LogP contribution in [0.2, 0.25) is 0 Å². The van der Waals surface area contributed by atoms with Crippen LogP contribution in [0.3, 0.4) is 0 Å². The van der Waals surface area contributed by atoms with E-state index in [9.17, 15) is 9.90 Å². The summed E-state index contributed by atoms with van der Waals surface area (Å²) in [7, 11) is 0. The molecule has 1 fully saturated rings. The highest BCUT2D eigenvalue weighted by atomic mass is 16.3. The van der Waals surface area contributed by atoms with Gasteiger partial charge in [-0.05, 0) is 37.5 Å². The summed E-state index contributed by atoms with van der Waals surface area (Å²) < 4.78 is 0. The van der Waals surface area contributed by atoms with Crippen LogP contribution in [0, 0.1) is 5.92 Å². The van der Waals surface area contributed by atoms with Crippen molar-refractivity contribution in [2.45, 2.75) is 32.4 Å². The Labute approximate surface area is 148 Å². The number of nitrogens with one attached hydrogen (secondary N) is 1. The molecular weight excluding hydrogens is 314 g/mol. The number of anilines is 1. The molecule has 2 heterocycles. The summed E-state index contributed by atoms with van der Waals surface area (Å²) in [6, 6.07) is 13.6. The molecule has 0 saturated carbocycles. The molecule has 0 radical (unpaired) electrons. The van der Waals surface area contributed by atoms with Crippen molar-refractivity contribution in [2.75, 3.05) is 18.0 Å². The average molecular weight is 339 g/mol. The van der Waals surface area contributed by atoms with E-state index in [-0.39, 0.29) is 17.9 Å². The van der Waals surface area contributed by atoms with Gasteiger partial charge in [0.15, 0.2) is 0 Å². The van der Waals surface area contributed by atoms with Crippen LogP contribution in [-0.4, -0.2) is 35.2 Å². The second kappa shape index (κ2) is 8.12. The van der Waals surface area contributed by atoms with Crippen molar-refractivity contribution in [2.24, 2.45) is 5.92 Å². The van der Waals surface area contributed by atoms with Gasteiger partial charge in [-0.3, -0.25) is 9.78 Å². The Hall–Kier alpha value is -2.40. The molecule has 1 saturated heterocycles. The first-order valence-electron chi connectivity index (χ1n) is 8.84. The number of hydrogen-bond donors (Lipinski definition) is 2. The van der Waals surface area contributed by atoms with Crippen LogP contribution >= 0.6 is 0 Å². The zero-order chi connectivity index (χ0) is 17.6. The van der Waals surface area contributed by atoms with E-state index in [1.165, 1.54) is 0 Å². The van der Waals surface area contributed by atoms with Gasteiger partial charge in [0, 0.05) is 37.4 Å². The third-order valence-electron chi connectivity index (χ3n) is 4.78. The molecule has 3 rings (SSSR count). The molecule has 5 heteroatoms. The maximum absolute atomic E-state index is 12.4. The highest BCUT2D eigenvalue weighted by Crippen LogP contribution is 2.25. The first-order chi connectivity index (χ1) is 12.1. The number of benzene rings is 1. The van der Waals surface area contributed by atoms with Gasteiger partial charge in [0.2, 0.25) is 0 Å². The Kier molecular flexibility index (Phi) is 5.66. The van der Waals surface area contributed by atoms with Crippen LogP contribution in [0.5, 0.6) is 0 Å². The summed E-state index contributed by atoms with van der Waals surface area (Å²) in [5.74, 6) is 0.104. The van der Waals surface area contributed by atoms with Crippen molar-refractivity contribution in [1.82, 2.24) is 10.3 Å². The molecule has 0 spiro atoms. The van der Waals surface area contributed by atoms with E-state index in [4.69, 9.17) is 0 Å². The monoisotopic (exact) mass is 339 g/mol. The summed E-state index contributed by atoms with van der Waals surface area (Å²) in [6.45, 7) is 4.09. The normalized spacial score (nSPS) is 18.6. The quantitative estimate of drug-likeness (QED) is 0.879. The highest BCUT2D eigenvalue weighted by molar-refractivity contribution is 5.93. The number of aromatic nitrogens is 1. The summed E-state index contributed by atoms with van der Waals surface area (Å²) >= 11 is 0. The lowest BCUT2D eigenvalue weighted by atomic mass is 9.93. The fourth-order valence-corrected chi connectivity index (χ4v) is 3.25. The van der Waals surface area contributed by atoms with Crippen LogP contribution < -0.4 is 10.2 Å². The van der Waals surface area contributed by atoms with E-state index in [2.05, 4.69) is 15.2 Å². The van der Waals surface area contributed by atoms with Crippen LogP contribution in [-0.2, 0) is 6.54 Å². The Balaban J connectivity index is 1.65. The fourth-order valence-electron chi connectivity index (χ4n) is 3.25. The van der Waals surface area contributed by atoms with E-state index < -0.39 is 0 Å². The van der Waals surface area contributed by atoms with Gasteiger partial charge < -0.3 is 15.3 Å². The molecule has 1 amide bonds. The van der Waals surface area contributed by atoms with E-state index in [1.807, 2.05) is 49.4 Å². The molecule has 1 aromatic heterocycles. The van der Waals surface area contributed by atoms with Crippen molar-refractivity contribution in [3.05, 3.63) is 59.9 Å². The zero-order valence-corrected chi connectivity index (χ0v) is 14.6. The molecular formula is C20H25N3O2. The van der Waals surface area contributed by atoms with Gasteiger partial charge in [0.25, 0.3) is 5.91 Å². The van der Waals surface area contributed by atoms with E-state index in [1.54, 1.807) is 6.20 Å². The highest BCUT2D eigenvalue weighted by Gasteiger charge is 2.24. The van der Waals surface area contributed by atoms with Gasteiger partial charge >= 0.3 is 0 Å².